The van der Waals surface area contributed by atoms with Crippen molar-refractivity contribution >= 4 is 0 Å². The maximum atomic E-state index is 2.43. The number of benzene rings is 2. The minimum absolute atomic E-state index is 0.432. The Morgan fingerprint density at radius 1 is 0.905 bits per heavy atom. The van der Waals surface area contributed by atoms with E-state index in [0.717, 1.165) is 0 Å². The SMILES string of the molecule is CC(C=CN1CCCC1)c1ccccc1-c1ccccc1. The third kappa shape index (κ3) is 3.36. The Balaban J connectivity index is 1.84. The molecule has 21 heavy (non-hydrogen) atoms. The highest BCUT2D eigenvalue weighted by Gasteiger charge is 2.11. The van der Waals surface area contributed by atoms with Crippen LogP contribution in [0.25, 0.3) is 11.1 Å². The van der Waals surface area contributed by atoms with Crippen molar-refractivity contribution in [2.75, 3.05) is 13.1 Å². The van der Waals surface area contributed by atoms with Crippen molar-refractivity contribution in [2.45, 2.75) is 25.7 Å². The van der Waals surface area contributed by atoms with E-state index in [-0.39, 0.29) is 0 Å². The summed E-state index contributed by atoms with van der Waals surface area (Å²) in [4.78, 5) is 2.43. The largest absolute Gasteiger partial charge is 0.378 e. The molecule has 0 aliphatic carbocycles. The maximum Gasteiger partial charge on any atom is 0.0173 e. The Labute approximate surface area is 127 Å². The number of hydrogen-bond donors (Lipinski definition) is 0. The van der Waals surface area contributed by atoms with E-state index in [1.807, 2.05) is 0 Å². The van der Waals surface area contributed by atoms with E-state index < -0.39 is 0 Å². The lowest BCUT2D eigenvalue weighted by Crippen LogP contribution is -2.10. The van der Waals surface area contributed by atoms with Crippen LogP contribution in [0.3, 0.4) is 0 Å². The van der Waals surface area contributed by atoms with Gasteiger partial charge < -0.3 is 4.90 Å². The zero-order chi connectivity index (χ0) is 14.5. The van der Waals surface area contributed by atoms with E-state index in [1.54, 1.807) is 0 Å². The molecule has 1 heteroatoms. The van der Waals surface area contributed by atoms with Crippen molar-refractivity contribution in [3.8, 4) is 11.1 Å². The standard InChI is InChI=1S/C20H23N/c1-17(13-16-21-14-7-8-15-21)19-11-5-6-12-20(19)18-9-3-2-4-10-18/h2-6,9-13,16-17H,7-8,14-15H2,1H3. The maximum absolute atomic E-state index is 2.43. The summed E-state index contributed by atoms with van der Waals surface area (Å²) >= 11 is 0. The summed E-state index contributed by atoms with van der Waals surface area (Å²) in [6.07, 6.45) is 7.30. The monoisotopic (exact) mass is 277 g/mol. The van der Waals surface area contributed by atoms with Crippen molar-refractivity contribution in [1.29, 1.82) is 0 Å². The van der Waals surface area contributed by atoms with Crippen LogP contribution in [0.5, 0.6) is 0 Å². The minimum atomic E-state index is 0.432. The second-order valence-electron chi connectivity index (χ2n) is 5.83. The highest BCUT2D eigenvalue weighted by molar-refractivity contribution is 5.68. The second-order valence-corrected chi connectivity index (χ2v) is 5.83. The van der Waals surface area contributed by atoms with Gasteiger partial charge >= 0.3 is 0 Å². The topological polar surface area (TPSA) is 3.24 Å². The molecule has 1 aliphatic heterocycles. The number of rotatable bonds is 4. The molecule has 0 radical (unpaired) electrons. The Kier molecular flexibility index (Phi) is 4.40. The number of allylic oxidation sites excluding steroid dienone is 1. The van der Waals surface area contributed by atoms with Gasteiger partial charge in [-0.2, -0.15) is 0 Å². The van der Waals surface area contributed by atoms with E-state index >= 15 is 0 Å². The van der Waals surface area contributed by atoms with E-state index in [2.05, 4.69) is 78.7 Å². The lowest BCUT2D eigenvalue weighted by atomic mass is 9.91. The van der Waals surface area contributed by atoms with Gasteiger partial charge in [-0.15, -0.1) is 0 Å². The summed E-state index contributed by atoms with van der Waals surface area (Å²) < 4.78 is 0. The lowest BCUT2D eigenvalue weighted by molar-refractivity contribution is 0.465. The van der Waals surface area contributed by atoms with Gasteiger partial charge in [0, 0.05) is 19.0 Å². The van der Waals surface area contributed by atoms with Crippen LogP contribution in [0.1, 0.15) is 31.2 Å². The van der Waals surface area contributed by atoms with Crippen molar-refractivity contribution < 1.29 is 0 Å². The average Bonchev–Trinajstić information content (AvgIpc) is 3.07. The molecule has 0 bridgehead atoms. The molecule has 1 saturated heterocycles. The van der Waals surface area contributed by atoms with Crippen molar-refractivity contribution in [1.82, 2.24) is 4.90 Å². The van der Waals surface area contributed by atoms with Gasteiger partial charge in [0.25, 0.3) is 0 Å². The Morgan fingerprint density at radius 2 is 1.57 bits per heavy atom. The van der Waals surface area contributed by atoms with E-state index in [9.17, 15) is 0 Å². The third-order valence-corrected chi connectivity index (χ3v) is 4.26. The van der Waals surface area contributed by atoms with Crippen LogP contribution in [0, 0.1) is 0 Å². The molecule has 2 aromatic rings. The molecule has 1 unspecified atom stereocenters. The third-order valence-electron chi connectivity index (χ3n) is 4.26. The molecule has 3 rings (SSSR count). The van der Waals surface area contributed by atoms with E-state index in [1.165, 1.54) is 42.6 Å². The van der Waals surface area contributed by atoms with Crippen molar-refractivity contribution in [2.24, 2.45) is 0 Å². The van der Waals surface area contributed by atoms with Gasteiger partial charge in [0.05, 0.1) is 0 Å². The fourth-order valence-electron chi connectivity index (χ4n) is 3.02. The van der Waals surface area contributed by atoms with E-state index in [0.29, 0.717) is 5.92 Å². The van der Waals surface area contributed by atoms with Crippen LogP contribution >= 0.6 is 0 Å². The summed E-state index contributed by atoms with van der Waals surface area (Å²) in [6, 6.07) is 19.4. The summed E-state index contributed by atoms with van der Waals surface area (Å²) in [6.45, 7) is 4.71. The second kappa shape index (κ2) is 6.62. The van der Waals surface area contributed by atoms with Crippen LogP contribution in [-0.2, 0) is 0 Å². The summed E-state index contributed by atoms with van der Waals surface area (Å²) in [5, 5.41) is 0. The minimum Gasteiger partial charge on any atom is -0.378 e. The highest BCUT2D eigenvalue weighted by Crippen LogP contribution is 2.30. The highest BCUT2D eigenvalue weighted by atomic mass is 15.1. The average molecular weight is 277 g/mol. The first-order chi connectivity index (χ1) is 10.3. The van der Waals surface area contributed by atoms with Gasteiger partial charge in [0.2, 0.25) is 0 Å². The van der Waals surface area contributed by atoms with Gasteiger partial charge in [-0.25, -0.2) is 0 Å². The first kappa shape index (κ1) is 13.9. The summed E-state index contributed by atoms with van der Waals surface area (Å²) in [5.41, 5.74) is 4.05. The molecular formula is C20H23N. The van der Waals surface area contributed by atoms with Gasteiger partial charge in [-0.05, 0) is 35.7 Å². The van der Waals surface area contributed by atoms with Crippen LogP contribution < -0.4 is 0 Å². The van der Waals surface area contributed by atoms with Crippen molar-refractivity contribution in [3.63, 3.8) is 0 Å². The van der Waals surface area contributed by atoms with Crippen LogP contribution in [-0.4, -0.2) is 18.0 Å². The van der Waals surface area contributed by atoms with Crippen LogP contribution in [0.2, 0.25) is 0 Å². The molecule has 2 aromatic carbocycles. The molecular weight excluding hydrogens is 254 g/mol. The predicted molar refractivity (Wildman–Crippen MR) is 90.2 cm³/mol. The van der Waals surface area contributed by atoms with Crippen LogP contribution in [0.15, 0.2) is 66.9 Å². The van der Waals surface area contributed by atoms with Gasteiger partial charge in [0.1, 0.15) is 0 Å². The zero-order valence-electron chi connectivity index (χ0n) is 12.7. The molecule has 1 atom stereocenters. The van der Waals surface area contributed by atoms with Crippen molar-refractivity contribution in [3.05, 3.63) is 72.4 Å². The predicted octanol–water partition coefficient (Wildman–Crippen LogP) is 5.07. The van der Waals surface area contributed by atoms with Gasteiger partial charge in [-0.1, -0.05) is 67.6 Å². The smallest absolute Gasteiger partial charge is 0.0173 e. The molecule has 0 N–H and O–H groups in total. The first-order valence-corrected chi connectivity index (χ1v) is 7.91. The quantitative estimate of drug-likeness (QED) is 0.754. The molecule has 0 saturated carbocycles. The molecule has 1 heterocycles. The van der Waals surface area contributed by atoms with Crippen LogP contribution in [0.4, 0.5) is 0 Å². The number of likely N-dealkylation sites (tertiary alicyclic amines) is 1. The Hall–Kier alpha value is -2.02. The lowest BCUT2D eigenvalue weighted by Gasteiger charge is -2.16. The molecule has 0 aromatic heterocycles. The molecule has 1 nitrogen and oxygen atoms in total. The molecule has 1 fully saturated rings. The van der Waals surface area contributed by atoms with Gasteiger partial charge in [0.15, 0.2) is 0 Å². The normalized spacial score (nSPS) is 16.5. The zero-order valence-corrected chi connectivity index (χ0v) is 12.7. The number of hydrogen-bond acceptors (Lipinski definition) is 1. The summed E-state index contributed by atoms with van der Waals surface area (Å²) in [5.74, 6) is 0.432. The fraction of sp³-hybridized carbons (Fsp3) is 0.300. The summed E-state index contributed by atoms with van der Waals surface area (Å²) in [7, 11) is 0. The molecule has 0 spiro atoms. The van der Waals surface area contributed by atoms with E-state index in [4.69, 9.17) is 0 Å². The molecule has 108 valence electrons. The fourth-order valence-corrected chi connectivity index (χ4v) is 3.02. The van der Waals surface area contributed by atoms with Gasteiger partial charge in [-0.3, -0.25) is 0 Å². The first-order valence-electron chi connectivity index (χ1n) is 7.91. The Bertz CT molecular complexity index is 594. The Morgan fingerprint density at radius 3 is 2.33 bits per heavy atom. The number of nitrogens with zero attached hydrogens (tertiary/aromatic N) is 1. The molecule has 0 amide bonds. The molecule has 1 aliphatic rings.